The number of Topliss-reactive ketones (excluding diaryl/α,β-unsaturated/α-hetero) is 5. The van der Waals surface area contributed by atoms with Crippen LogP contribution in [0.25, 0.3) is 0 Å². The highest BCUT2D eigenvalue weighted by Gasteiger charge is 2.67. The van der Waals surface area contributed by atoms with E-state index in [2.05, 4.69) is 113 Å². The predicted molar refractivity (Wildman–Crippen MR) is 465 cm³/mol. The third kappa shape index (κ3) is 16.7. The minimum absolute atomic E-state index is 0.00867. The lowest BCUT2D eigenvalue weighted by Gasteiger charge is -2.54. The maximum Gasteiger partial charge on any atom is 0.190 e. The summed E-state index contributed by atoms with van der Waals surface area (Å²) in [4.78, 5) is 111. The van der Waals surface area contributed by atoms with Crippen molar-refractivity contribution in [3.63, 3.8) is 0 Å². The van der Waals surface area contributed by atoms with Crippen molar-refractivity contribution < 1.29 is 72.3 Å². The molecule has 16 aliphatic rings. The predicted octanol–water partition coefficient (Wildman–Crippen LogP) is 20.1. The van der Waals surface area contributed by atoms with E-state index in [0.717, 1.165) is 154 Å². The van der Waals surface area contributed by atoms with Crippen LogP contribution in [0, 0.1) is 108 Å². The van der Waals surface area contributed by atoms with Crippen molar-refractivity contribution in [3.05, 3.63) is 117 Å². The normalized spacial score (nSPS) is 39.5. The Morgan fingerprint density at radius 3 is 1.33 bits per heavy atom. The topological polar surface area (TPSA) is 231 Å². The van der Waals surface area contributed by atoms with Crippen LogP contribution in [0.15, 0.2) is 117 Å². The molecule has 0 radical (unpaired) electrons. The molecule has 8 fully saturated rings. The van der Waals surface area contributed by atoms with Gasteiger partial charge in [-0.2, -0.15) is 0 Å². The second kappa shape index (κ2) is 36.4. The number of ketones is 9. The van der Waals surface area contributed by atoms with Crippen LogP contribution >= 0.6 is 0 Å². The highest BCUT2D eigenvalue weighted by Crippen LogP contribution is 2.70. The van der Waals surface area contributed by atoms with E-state index < -0.39 is 22.0 Å². The van der Waals surface area contributed by atoms with Crippen molar-refractivity contribution in [3.8, 4) is 0 Å². The van der Waals surface area contributed by atoms with Crippen LogP contribution in [0.5, 0.6) is 0 Å². The Morgan fingerprint density at radius 2 is 0.832 bits per heavy atom. The van der Waals surface area contributed by atoms with Crippen LogP contribution in [0.2, 0.25) is 0 Å². The molecule has 119 heavy (non-hydrogen) atoms. The van der Waals surface area contributed by atoms with E-state index >= 15 is 0 Å². The number of ether oxygens (including phenoxy) is 4. The van der Waals surface area contributed by atoms with Gasteiger partial charge < -0.3 is 34.0 Å². The highest BCUT2D eigenvalue weighted by atomic mass is 16.5. The van der Waals surface area contributed by atoms with Crippen molar-refractivity contribution in [1.29, 1.82) is 0 Å². The molecule has 652 valence electrons. The number of hydrogen-bond acceptors (Lipinski definition) is 15. The third-order valence-electron chi connectivity index (χ3n) is 35.1. The van der Waals surface area contributed by atoms with Crippen molar-refractivity contribution in [2.45, 2.75) is 313 Å². The zero-order valence-corrected chi connectivity index (χ0v) is 75.0. The summed E-state index contributed by atoms with van der Waals surface area (Å²) in [6, 6.07) is 0. The summed E-state index contributed by atoms with van der Waals surface area (Å²) in [6.45, 7) is 31.2. The minimum atomic E-state index is -1.38. The van der Waals surface area contributed by atoms with E-state index in [0.29, 0.717) is 136 Å². The Morgan fingerprint density at radius 1 is 0.420 bits per heavy atom. The molecule has 0 bridgehead atoms. The summed E-state index contributed by atoms with van der Waals surface area (Å²) in [7, 11) is 0. The molecule has 0 aromatic carbocycles. The first-order valence-corrected chi connectivity index (χ1v) is 47.1. The molecule has 0 aliphatic heterocycles. The van der Waals surface area contributed by atoms with Gasteiger partial charge in [0.2, 0.25) is 0 Å². The number of rotatable bonds is 27. The lowest BCUT2D eigenvalue weighted by Crippen LogP contribution is -2.55. The first kappa shape index (κ1) is 90.9. The van der Waals surface area contributed by atoms with Gasteiger partial charge in [0, 0.05) is 90.0 Å². The fourth-order valence-electron chi connectivity index (χ4n) is 28.0. The van der Waals surface area contributed by atoms with Crippen LogP contribution in [0.1, 0.15) is 302 Å². The van der Waals surface area contributed by atoms with Gasteiger partial charge in [-0.3, -0.25) is 38.4 Å². The standard InChI is InChI=1S/C27H40O3.C26H34O5.C26H38O4.C25H34O3/c1-5-6-7-14-30-17-24(29)25-18(2)15-23-21-9-8-19-16-20(28)10-12-26(19,3)22(21)11-13-27(23,25)4;1-17(27)5-4-14-31-16-23(29)26(30)13-10-22-20-7-6-18-15-19(28)8-11-24(18,2)21(20)9-12-25(22,26)3;1-4-5-6-15-30-17-23(28)26(29)14-11-22-20-8-7-18-16-19(27)9-12-24(18,2)21(20)10-13-25(22,26)3;1-4-5-14-28-16-23(27)22-9-8-20-19-7-6-17-15-18(26)10-12-24(17,2)21(19)11-13-25(20,22)3/h11,16,18,21,23,25H,5-10,12-15,17H2,1-4H3;8-9,11,15,20,22,30H,4-7,10,12-14,16H2,1-3H3;10,16,20,22,29H,4-9,11-15,17H2,1-3H3;10-12,15,19-20,22H,4-9,13-14,16H2,1-3H3/t18-,21?,23?,25+,26-,27-;2*20?,22?,24-,25-,26-;19?,20?,22-,24+,25+/m0001/s1. The Labute approximate surface area is 712 Å². The molecule has 8 saturated carbocycles. The van der Waals surface area contributed by atoms with Crippen LogP contribution in [-0.2, 0) is 62.1 Å². The molecule has 15 nitrogen and oxygen atoms in total. The molecule has 0 heterocycles. The molecule has 8 unspecified atom stereocenters. The first-order valence-electron chi connectivity index (χ1n) is 47.1. The van der Waals surface area contributed by atoms with E-state index in [9.17, 15) is 53.4 Å². The Kier molecular flexibility index (Phi) is 27.8. The Bertz CT molecular complexity index is 4250. The van der Waals surface area contributed by atoms with Crippen molar-refractivity contribution in [2.24, 2.45) is 108 Å². The number of allylic oxidation sites excluding steroid dienone is 20. The minimum Gasteiger partial charge on any atom is -0.381 e. The van der Waals surface area contributed by atoms with Gasteiger partial charge in [0.05, 0.1) is 0 Å². The molecule has 16 aliphatic carbocycles. The Hall–Kier alpha value is -5.81. The van der Waals surface area contributed by atoms with Gasteiger partial charge in [0.25, 0.3) is 0 Å². The average Bonchev–Trinajstić information content (AvgIpc) is 1.64. The lowest BCUT2D eigenvalue weighted by atomic mass is 9.50. The molecule has 2 N–H and O–H groups in total. The van der Waals surface area contributed by atoms with Gasteiger partial charge in [-0.25, -0.2) is 0 Å². The van der Waals surface area contributed by atoms with Gasteiger partial charge in [-0.15, -0.1) is 0 Å². The monoisotopic (exact) mass is 1640 g/mol. The second-order valence-corrected chi connectivity index (χ2v) is 41.6. The summed E-state index contributed by atoms with van der Waals surface area (Å²) >= 11 is 0. The second-order valence-electron chi connectivity index (χ2n) is 41.6. The van der Waals surface area contributed by atoms with Gasteiger partial charge in [0.1, 0.15) is 43.4 Å². The number of carbonyl (C=O) groups excluding carboxylic acids is 9. The molecule has 0 saturated heterocycles. The van der Waals surface area contributed by atoms with E-state index in [4.69, 9.17) is 18.9 Å². The largest absolute Gasteiger partial charge is 0.381 e. The summed E-state index contributed by atoms with van der Waals surface area (Å²) in [5, 5.41) is 23.2. The van der Waals surface area contributed by atoms with Gasteiger partial charge >= 0.3 is 0 Å². The zero-order valence-electron chi connectivity index (χ0n) is 75.0. The van der Waals surface area contributed by atoms with Crippen molar-refractivity contribution in [1.82, 2.24) is 0 Å². The third-order valence-corrected chi connectivity index (χ3v) is 35.1. The Balaban J connectivity index is 0.000000137. The number of aliphatic hydroxyl groups is 2. The highest BCUT2D eigenvalue weighted by molar-refractivity contribution is 6.02. The smallest absolute Gasteiger partial charge is 0.190 e. The van der Waals surface area contributed by atoms with Crippen LogP contribution in [-0.4, -0.2) is 126 Å². The van der Waals surface area contributed by atoms with Gasteiger partial charge in [-0.05, 0) is 282 Å². The number of carbonyl (C=O) groups is 9. The molecular weight excluding hydrogens is 1490 g/mol. The van der Waals surface area contributed by atoms with Crippen LogP contribution in [0.4, 0.5) is 0 Å². The molecule has 21 atom stereocenters. The number of fused-ring (bicyclic) bond motifs is 20. The number of unbranched alkanes of at least 4 members (excludes halogenated alkanes) is 5. The molecule has 0 spiro atoms. The fraction of sp³-hybridized carbons (Fsp3) is 0.721. The van der Waals surface area contributed by atoms with E-state index in [1.54, 1.807) is 30.7 Å². The lowest BCUT2D eigenvalue weighted by molar-refractivity contribution is -0.157. The summed E-state index contributed by atoms with van der Waals surface area (Å²) < 4.78 is 22.6. The molecule has 0 aromatic rings. The molecule has 0 aromatic heterocycles. The first-order chi connectivity index (χ1) is 56.6. The summed E-state index contributed by atoms with van der Waals surface area (Å²) in [6.07, 6.45) is 55.0. The maximum atomic E-state index is 13.2. The molecule has 0 amide bonds. The van der Waals surface area contributed by atoms with Crippen molar-refractivity contribution >= 4 is 52.0 Å². The molecular formula is C104H146O15. The summed E-state index contributed by atoms with van der Waals surface area (Å²) in [5.41, 5.74) is 7.33. The van der Waals surface area contributed by atoms with E-state index in [-0.39, 0.29) is 111 Å². The van der Waals surface area contributed by atoms with Gasteiger partial charge in [0.15, 0.2) is 46.3 Å². The average molecular weight is 1640 g/mol. The summed E-state index contributed by atoms with van der Waals surface area (Å²) in [5.74, 6) is 5.37. The maximum absolute atomic E-state index is 13.2. The number of hydrogen-bond donors (Lipinski definition) is 2. The molecule has 15 heteroatoms. The fourth-order valence-corrected chi connectivity index (χ4v) is 28.0. The van der Waals surface area contributed by atoms with Crippen LogP contribution in [0.3, 0.4) is 0 Å². The SMILES string of the molecule is CC(=O)CCCOCC(=O)[C@@]1(O)CCC2C3CCC4=CC(=O)C=C[C@]4(C)C3=CC[C@@]21C.CCCCCOCC(=O)[C@@]1(O)CCC2C3CCC4=CC(=O)CC[C@]4(C)C3=CC[C@@]21C.CCCCCOCC(=O)[C@H]1[C@@H](C)CC2C3CCC4=CC(=O)CC[C@]4(C)C3=CC[C@@]21C.CCCCOCC(=O)[C@H]1CCC2C3CCC4=CC(=O)C=C[C@]4(C)C3=CC[C@@]21C. The van der Waals surface area contributed by atoms with Gasteiger partial charge in [-0.1, -0.05) is 182 Å². The quantitative estimate of drug-likeness (QED) is 0.0575. The van der Waals surface area contributed by atoms with Crippen molar-refractivity contribution in [2.75, 3.05) is 52.9 Å². The zero-order chi connectivity index (χ0) is 85.5. The van der Waals surface area contributed by atoms with Crippen LogP contribution < -0.4 is 0 Å². The van der Waals surface area contributed by atoms with E-state index in [1.807, 2.05) is 24.3 Å². The molecule has 16 rings (SSSR count). The van der Waals surface area contributed by atoms with E-state index in [1.165, 1.54) is 51.9 Å².